The molecule has 0 atom stereocenters. The summed E-state index contributed by atoms with van der Waals surface area (Å²) in [5.74, 6) is -0.176. The SMILES string of the molecule is C=c1ccc(=C2C=CC(=c3cnn4c(=[NH2+])c(C(C)=O)c(C5CCN(C(=O)c6ncn[nH]6)CC5)nc34)CCCC2)cc1CO. The van der Waals surface area contributed by atoms with Crippen molar-refractivity contribution in [2.75, 3.05) is 13.1 Å². The lowest BCUT2D eigenvalue weighted by atomic mass is 9.89. The quantitative estimate of drug-likeness (QED) is 0.275. The summed E-state index contributed by atoms with van der Waals surface area (Å²) in [7, 11) is 0. The highest BCUT2D eigenvalue weighted by Crippen LogP contribution is 2.29. The van der Waals surface area contributed by atoms with E-state index in [0.717, 1.165) is 52.5 Å². The minimum atomic E-state index is -0.192. The number of hydrogen-bond donors (Lipinski definition) is 3. The fraction of sp³-hybridized carbons (Fsp3) is 0.344. The highest BCUT2D eigenvalue weighted by molar-refractivity contribution is 5.95. The van der Waals surface area contributed by atoms with E-state index in [2.05, 4.69) is 45.1 Å². The van der Waals surface area contributed by atoms with E-state index in [1.54, 1.807) is 15.6 Å². The Kier molecular flexibility index (Phi) is 7.81. The van der Waals surface area contributed by atoms with Crippen LogP contribution in [0.2, 0.25) is 0 Å². The van der Waals surface area contributed by atoms with Gasteiger partial charge in [0, 0.05) is 19.0 Å². The lowest BCUT2D eigenvalue weighted by Crippen LogP contribution is -2.53. The van der Waals surface area contributed by atoms with Crippen LogP contribution in [-0.2, 0) is 6.61 Å². The predicted molar refractivity (Wildman–Crippen MR) is 159 cm³/mol. The van der Waals surface area contributed by atoms with Crippen LogP contribution in [0, 0.1) is 0 Å². The van der Waals surface area contributed by atoms with E-state index in [1.165, 1.54) is 18.8 Å². The zero-order valence-electron chi connectivity index (χ0n) is 24.2. The number of nitrogens with one attached hydrogen (secondary N) is 1. The number of rotatable bonds is 4. The summed E-state index contributed by atoms with van der Waals surface area (Å²) >= 11 is 0. The van der Waals surface area contributed by atoms with Gasteiger partial charge in [0.1, 0.15) is 11.9 Å². The van der Waals surface area contributed by atoms with E-state index in [-0.39, 0.29) is 35.5 Å². The van der Waals surface area contributed by atoms with Crippen molar-refractivity contribution in [1.82, 2.24) is 34.7 Å². The molecule has 0 radical (unpaired) electrons. The van der Waals surface area contributed by atoms with E-state index in [0.29, 0.717) is 42.8 Å². The first kappa shape index (κ1) is 28.4. The van der Waals surface area contributed by atoms with E-state index in [9.17, 15) is 14.7 Å². The van der Waals surface area contributed by atoms with Crippen LogP contribution in [-0.4, -0.2) is 64.6 Å². The van der Waals surface area contributed by atoms with Gasteiger partial charge in [-0.3, -0.25) is 20.1 Å². The molecule has 0 saturated carbocycles. The maximum absolute atomic E-state index is 12.8. The molecule has 1 amide bonds. The summed E-state index contributed by atoms with van der Waals surface area (Å²) < 4.78 is 1.57. The Morgan fingerprint density at radius 3 is 2.58 bits per heavy atom. The number of fused-ring (bicyclic) bond motifs is 1. The van der Waals surface area contributed by atoms with Gasteiger partial charge in [0.25, 0.3) is 11.6 Å². The van der Waals surface area contributed by atoms with Gasteiger partial charge in [-0.2, -0.15) is 5.10 Å². The van der Waals surface area contributed by atoms with Crippen LogP contribution in [0.15, 0.2) is 42.9 Å². The van der Waals surface area contributed by atoms with Crippen molar-refractivity contribution in [2.45, 2.75) is 58.0 Å². The van der Waals surface area contributed by atoms with Gasteiger partial charge in [-0.05, 0) is 78.7 Å². The van der Waals surface area contributed by atoms with Crippen molar-refractivity contribution in [3.8, 4) is 0 Å². The van der Waals surface area contributed by atoms with Crippen LogP contribution in [0.3, 0.4) is 0 Å². The zero-order valence-corrected chi connectivity index (χ0v) is 24.2. The number of Topliss-reactive ketones (excluding diaryl/α,β-unsaturated/α-hetero) is 1. The summed E-state index contributed by atoms with van der Waals surface area (Å²) in [6.45, 7) is 6.48. The molecule has 0 unspecified atom stereocenters. The Balaban J connectivity index is 1.41. The highest BCUT2D eigenvalue weighted by atomic mass is 16.3. The lowest BCUT2D eigenvalue weighted by Gasteiger charge is -2.31. The number of aromatic amines is 1. The second kappa shape index (κ2) is 11.8. The number of benzene rings is 1. The molecule has 1 aliphatic heterocycles. The number of piperidine rings is 1. The van der Waals surface area contributed by atoms with Crippen LogP contribution >= 0.6 is 0 Å². The van der Waals surface area contributed by atoms with Crippen molar-refractivity contribution >= 4 is 35.1 Å². The second-order valence-electron chi connectivity index (χ2n) is 11.2. The van der Waals surface area contributed by atoms with Crippen LogP contribution < -0.4 is 26.6 Å². The lowest BCUT2D eigenvalue weighted by molar-refractivity contribution is -0.181. The van der Waals surface area contributed by atoms with Crippen molar-refractivity contribution in [1.29, 1.82) is 0 Å². The fourth-order valence-electron chi connectivity index (χ4n) is 6.17. The van der Waals surface area contributed by atoms with E-state index in [4.69, 9.17) is 10.4 Å². The normalized spacial score (nSPS) is 19.0. The van der Waals surface area contributed by atoms with Gasteiger partial charge in [0.05, 0.1) is 23.7 Å². The number of nitrogens with two attached hydrogens (primary N) is 1. The summed E-state index contributed by atoms with van der Waals surface area (Å²) in [6, 6.07) is 6.02. The van der Waals surface area contributed by atoms with Gasteiger partial charge >= 0.3 is 5.49 Å². The molecule has 6 rings (SSSR count). The number of aliphatic hydroxyl groups excluding tert-OH is 1. The third kappa shape index (κ3) is 5.43. The fourth-order valence-corrected chi connectivity index (χ4v) is 6.17. The molecule has 11 heteroatoms. The minimum Gasteiger partial charge on any atom is -0.392 e. The first-order valence-electron chi connectivity index (χ1n) is 14.6. The van der Waals surface area contributed by atoms with Crippen molar-refractivity contribution in [3.05, 3.63) is 86.7 Å². The molecule has 1 fully saturated rings. The van der Waals surface area contributed by atoms with Crippen molar-refractivity contribution in [2.24, 2.45) is 0 Å². The predicted octanol–water partition coefficient (Wildman–Crippen LogP) is -0.517. The Labute approximate surface area is 247 Å². The number of allylic oxidation sites excluding steroid dienone is 2. The van der Waals surface area contributed by atoms with E-state index in [1.807, 2.05) is 12.1 Å². The molecule has 2 aliphatic rings. The summed E-state index contributed by atoms with van der Waals surface area (Å²) in [6.07, 6.45) is 12.5. The number of amides is 1. The third-order valence-electron chi connectivity index (χ3n) is 8.57. The van der Waals surface area contributed by atoms with Crippen LogP contribution in [0.1, 0.15) is 83.6 Å². The average molecular weight is 580 g/mol. The van der Waals surface area contributed by atoms with Gasteiger partial charge in [-0.1, -0.05) is 40.5 Å². The Morgan fingerprint density at radius 1 is 1.14 bits per heavy atom. The molecular formula is C32H35N8O3+. The number of likely N-dealkylation sites (tertiary alicyclic amines) is 1. The number of H-pyrrole nitrogens is 1. The third-order valence-corrected chi connectivity index (χ3v) is 8.57. The second-order valence-corrected chi connectivity index (χ2v) is 11.2. The van der Waals surface area contributed by atoms with Gasteiger partial charge in [-0.15, -0.1) is 0 Å². The zero-order chi connectivity index (χ0) is 30.1. The van der Waals surface area contributed by atoms with Crippen LogP contribution in [0.5, 0.6) is 0 Å². The number of hydrogen-bond acceptors (Lipinski definition) is 7. The van der Waals surface area contributed by atoms with Gasteiger partial charge < -0.3 is 10.0 Å². The van der Waals surface area contributed by atoms with Gasteiger partial charge in [0.2, 0.25) is 5.82 Å². The minimum absolute atomic E-state index is 0.0396. The number of aromatic nitrogens is 6. The summed E-state index contributed by atoms with van der Waals surface area (Å²) in [4.78, 5) is 36.4. The number of ketones is 1. The Bertz CT molecular complexity index is 1970. The number of carbonyl (C=O) groups excluding carboxylic acids is 2. The molecule has 4 N–H and O–H groups in total. The first-order chi connectivity index (χ1) is 20.9. The van der Waals surface area contributed by atoms with E-state index >= 15 is 0 Å². The smallest absolute Gasteiger partial charge is 0.312 e. The average Bonchev–Trinajstić information content (AvgIpc) is 3.68. The molecule has 0 bridgehead atoms. The molecule has 4 heterocycles. The number of carbonyl (C=O) groups is 2. The largest absolute Gasteiger partial charge is 0.392 e. The standard InChI is InChI=1S/C32H34N8O3/c1-19-7-8-24(15-25(19)17-41)21-5-3-4-6-22(10-9-21)26-16-36-40-29(33)27(20(2)42)28(37-31(26)40)23-11-13-39(14-12-23)32(43)30-34-18-35-38-30/h7-10,15-16,18,23,33,41H,1,3-6,11-14,17H2,2H3,(H,34,35,38)/p+1. The Morgan fingerprint density at radius 2 is 1.88 bits per heavy atom. The molecule has 1 aliphatic carbocycles. The van der Waals surface area contributed by atoms with E-state index < -0.39 is 0 Å². The number of aliphatic hydroxyl groups is 1. The highest BCUT2D eigenvalue weighted by Gasteiger charge is 2.32. The molecule has 3 aromatic heterocycles. The topological polar surface area (TPSA) is 155 Å². The van der Waals surface area contributed by atoms with Crippen molar-refractivity contribution < 1.29 is 20.1 Å². The summed E-state index contributed by atoms with van der Waals surface area (Å²) in [5, 5.41) is 30.1. The first-order valence-corrected chi connectivity index (χ1v) is 14.6. The molecular weight excluding hydrogens is 544 g/mol. The maximum Gasteiger partial charge on any atom is 0.312 e. The molecule has 11 nitrogen and oxygen atoms in total. The number of nitrogens with zero attached hydrogens (tertiary/aromatic N) is 6. The van der Waals surface area contributed by atoms with Gasteiger partial charge in [0.15, 0.2) is 5.78 Å². The molecule has 43 heavy (non-hydrogen) atoms. The molecule has 4 aromatic rings. The molecule has 1 saturated heterocycles. The maximum atomic E-state index is 12.8. The van der Waals surface area contributed by atoms with Crippen LogP contribution in [0.25, 0.3) is 23.4 Å². The molecule has 1 aromatic carbocycles. The monoisotopic (exact) mass is 579 g/mol. The van der Waals surface area contributed by atoms with Crippen LogP contribution in [0.4, 0.5) is 0 Å². The molecule has 0 spiro atoms. The van der Waals surface area contributed by atoms with Gasteiger partial charge in [-0.25, -0.2) is 9.97 Å². The molecule has 220 valence electrons. The Hall–Kier alpha value is -4.77. The summed E-state index contributed by atoms with van der Waals surface area (Å²) in [5.41, 5.74) is 5.10. The van der Waals surface area contributed by atoms with Crippen molar-refractivity contribution in [3.63, 3.8) is 0 Å².